The minimum atomic E-state index is 0.731. The van der Waals surface area contributed by atoms with Gasteiger partial charge in [-0.3, -0.25) is 0 Å². The summed E-state index contributed by atoms with van der Waals surface area (Å²) < 4.78 is 0. The molecule has 1 aromatic heterocycles. The molecule has 0 amide bonds. The molecule has 11 heavy (non-hydrogen) atoms. The van der Waals surface area contributed by atoms with Gasteiger partial charge in [0.15, 0.2) is 0 Å². The van der Waals surface area contributed by atoms with Crippen LogP contribution in [0.5, 0.6) is 0 Å². The Hall–Kier alpha value is -1.09. The molecule has 0 atom stereocenters. The second kappa shape index (κ2) is 2.51. The number of nitrogen functional groups attached to an aromatic ring is 1. The molecule has 0 unspecified atom stereocenters. The fourth-order valence-electron chi connectivity index (χ4n) is 1.15. The molecule has 3 nitrogen and oxygen atoms in total. The van der Waals surface area contributed by atoms with Crippen molar-refractivity contribution in [2.75, 3.05) is 5.43 Å². The average Bonchev–Trinajstić information content (AvgIpc) is 2.87. The van der Waals surface area contributed by atoms with Gasteiger partial charge in [-0.2, -0.15) is 0 Å². The van der Waals surface area contributed by atoms with Gasteiger partial charge in [0, 0.05) is 6.20 Å². The van der Waals surface area contributed by atoms with Gasteiger partial charge in [-0.25, -0.2) is 10.8 Å². The second-order valence-electron chi connectivity index (χ2n) is 2.90. The zero-order valence-corrected chi connectivity index (χ0v) is 6.25. The van der Waals surface area contributed by atoms with E-state index in [0.717, 1.165) is 11.7 Å². The van der Waals surface area contributed by atoms with Crippen molar-refractivity contribution >= 4 is 5.82 Å². The molecule has 1 aliphatic rings. The quantitative estimate of drug-likeness (QED) is 0.491. The van der Waals surface area contributed by atoms with Gasteiger partial charge in [-0.05, 0) is 30.4 Å². The molecule has 58 valence electrons. The van der Waals surface area contributed by atoms with Gasteiger partial charge in [-0.15, -0.1) is 0 Å². The van der Waals surface area contributed by atoms with Crippen molar-refractivity contribution < 1.29 is 0 Å². The van der Waals surface area contributed by atoms with Gasteiger partial charge in [0.25, 0.3) is 0 Å². The van der Waals surface area contributed by atoms with E-state index in [9.17, 15) is 0 Å². The zero-order valence-electron chi connectivity index (χ0n) is 6.25. The van der Waals surface area contributed by atoms with Crippen LogP contribution in [0.1, 0.15) is 24.3 Å². The Morgan fingerprint density at radius 1 is 1.45 bits per heavy atom. The maximum atomic E-state index is 5.18. The van der Waals surface area contributed by atoms with Crippen molar-refractivity contribution in [3.05, 3.63) is 23.9 Å². The summed E-state index contributed by atoms with van der Waals surface area (Å²) in [6, 6.07) is 3.99. The summed E-state index contributed by atoms with van der Waals surface area (Å²) in [5.74, 6) is 6.68. The first-order valence-electron chi connectivity index (χ1n) is 3.83. The standard InChI is InChI=1S/C8H11N3/c9-11-8-4-3-7(5-10-8)6-1-2-6/h3-6H,1-2,9H2,(H,10,11). The highest BCUT2D eigenvalue weighted by atomic mass is 15.2. The van der Waals surface area contributed by atoms with E-state index in [4.69, 9.17) is 5.84 Å². The highest BCUT2D eigenvalue weighted by Crippen LogP contribution is 2.39. The lowest BCUT2D eigenvalue weighted by Crippen LogP contribution is -2.08. The molecule has 1 aliphatic carbocycles. The van der Waals surface area contributed by atoms with Crippen LogP contribution in [-0.4, -0.2) is 4.98 Å². The van der Waals surface area contributed by atoms with Gasteiger partial charge < -0.3 is 5.43 Å². The van der Waals surface area contributed by atoms with Crippen molar-refractivity contribution in [2.45, 2.75) is 18.8 Å². The molecule has 3 heteroatoms. The summed E-state index contributed by atoms with van der Waals surface area (Å²) >= 11 is 0. The largest absolute Gasteiger partial charge is 0.308 e. The summed E-state index contributed by atoms with van der Waals surface area (Å²) in [7, 11) is 0. The third-order valence-corrected chi connectivity index (χ3v) is 1.98. The number of pyridine rings is 1. The molecule has 0 bridgehead atoms. The monoisotopic (exact) mass is 149 g/mol. The molecule has 1 aromatic rings. The van der Waals surface area contributed by atoms with E-state index in [1.807, 2.05) is 12.3 Å². The van der Waals surface area contributed by atoms with Crippen molar-refractivity contribution in [2.24, 2.45) is 5.84 Å². The summed E-state index contributed by atoms with van der Waals surface area (Å²) in [4.78, 5) is 4.12. The normalized spacial score (nSPS) is 16.5. The minimum absolute atomic E-state index is 0.731. The first-order valence-corrected chi connectivity index (χ1v) is 3.83. The Morgan fingerprint density at radius 2 is 2.27 bits per heavy atom. The average molecular weight is 149 g/mol. The smallest absolute Gasteiger partial charge is 0.139 e. The predicted octanol–water partition coefficient (Wildman–Crippen LogP) is 1.24. The van der Waals surface area contributed by atoms with Crippen LogP contribution in [0.4, 0.5) is 5.82 Å². The Balaban J connectivity index is 2.19. The van der Waals surface area contributed by atoms with E-state index in [1.54, 1.807) is 0 Å². The molecular formula is C8H11N3. The van der Waals surface area contributed by atoms with E-state index >= 15 is 0 Å². The number of nitrogens with zero attached hydrogens (tertiary/aromatic N) is 1. The fourth-order valence-corrected chi connectivity index (χ4v) is 1.15. The van der Waals surface area contributed by atoms with Crippen LogP contribution in [0.2, 0.25) is 0 Å². The van der Waals surface area contributed by atoms with Crippen LogP contribution in [0.25, 0.3) is 0 Å². The molecule has 0 radical (unpaired) electrons. The summed E-state index contributed by atoms with van der Waals surface area (Å²) in [5.41, 5.74) is 3.84. The molecule has 0 spiro atoms. The lowest BCUT2D eigenvalue weighted by atomic mass is 10.2. The molecule has 3 N–H and O–H groups in total. The number of anilines is 1. The van der Waals surface area contributed by atoms with Gasteiger partial charge >= 0.3 is 0 Å². The summed E-state index contributed by atoms with van der Waals surface area (Å²) in [6.07, 6.45) is 4.53. The first-order chi connectivity index (χ1) is 5.40. The van der Waals surface area contributed by atoms with E-state index in [0.29, 0.717) is 0 Å². The summed E-state index contributed by atoms with van der Waals surface area (Å²) in [5, 5.41) is 0. The highest BCUT2D eigenvalue weighted by Gasteiger charge is 2.23. The fraction of sp³-hybridized carbons (Fsp3) is 0.375. The zero-order chi connectivity index (χ0) is 7.68. The molecular weight excluding hydrogens is 138 g/mol. The SMILES string of the molecule is NNc1ccc(C2CC2)cn1. The topological polar surface area (TPSA) is 50.9 Å². The van der Waals surface area contributed by atoms with Crippen molar-refractivity contribution in [1.29, 1.82) is 0 Å². The number of hydrazine groups is 1. The van der Waals surface area contributed by atoms with Crippen LogP contribution in [-0.2, 0) is 0 Å². The molecule has 2 rings (SSSR count). The molecule has 1 saturated carbocycles. The summed E-state index contributed by atoms with van der Waals surface area (Å²) in [6.45, 7) is 0. The second-order valence-corrected chi connectivity index (χ2v) is 2.90. The van der Waals surface area contributed by atoms with Crippen molar-refractivity contribution in [3.8, 4) is 0 Å². The highest BCUT2D eigenvalue weighted by molar-refractivity contribution is 5.35. The van der Waals surface area contributed by atoms with E-state index in [-0.39, 0.29) is 0 Å². The predicted molar refractivity (Wildman–Crippen MR) is 44.0 cm³/mol. The van der Waals surface area contributed by atoms with Crippen LogP contribution in [0.3, 0.4) is 0 Å². The first kappa shape index (κ1) is 6.61. The molecule has 0 saturated heterocycles. The number of nitrogens with one attached hydrogen (secondary N) is 1. The Labute approximate surface area is 65.6 Å². The van der Waals surface area contributed by atoms with Gasteiger partial charge in [0.05, 0.1) is 0 Å². The van der Waals surface area contributed by atoms with Gasteiger partial charge in [0.2, 0.25) is 0 Å². The Bertz CT molecular complexity index is 238. The van der Waals surface area contributed by atoms with E-state index < -0.39 is 0 Å². The maximum Gasteiger partial charge on any atom is 0.139 e. The van der Waals surface area contributed by atoms with Gasteiger partial charge in [-0.1, -0.05) is 6.07 Å². The third-order valence-electron chi connectivity index (χ3n) is 1.98. The maximum absolute atomic E-state index is 5.18. The number of aromatic nitrogens is 1. The minimum Gasteiger partial charge on any atom is -0.308 e. The van der Waals surface area contributed by atoms with Crippen LogP contribution in [0.15, 0.2) is 18.3 Å². The Morgan fingerprint density at radius 3 is 2.73 bits per heavy atom. The lowest BCUT2D eigenvalue weighted by Gasteiger charge is -1.99. The van der Waals surface area contributed by atoms with Crippen molar-refractivity contribution in [3.63, 3.8) is 0 Å². The van der Waals surface area contributed by atoms with Crippen molar-refractivity contribution in [1.82, 2.24) is 4.98 Å². The number of nitrogens with two attached hydrogens (primary N) is 1. The molecule has 1 heterocycles. The molecule has 0 aromatic carbocycles. The van der Waals surface area contributed by atoms with E-state index in [1.165, 1.54) is 18.4 Å². The number of hydrogen-bond acceptors (Lipinski definition) is 3. The van der Waals surface area contributed by atoms with Crippen LogP contribution in [0, 0.1) is 0 Å². The van der Waals surface area contributed by atoms with Crippen LogP contribution < -0.4 is 11.3 Å². The molecule has 1 fully saturated rings. The lowest BCUT2D eigenvalue weighted by molar-refractivity contribution is 1.09. The Kier molecular flexibility index (Phi) is 1.51. The van der Waals surface area contributed by atoms with Crippen LogP contribution >= 0.6 is 0 Å². The van der Waals surface area contributed by atoms with Gasteiger partial charge in [0.1, 0.15) is 5.82 Å². The molecule has 0 aliphatic heterocycles. The number of rotatable bonds is 2. The number of hydrogen-bond donors (Lipinski definition) is 2. The third kappa shape index (κ3) is 1.33. The van der Waals surface area contributed by atoms with E-state index in [2.05, 4.69) is 16.5 Å².